The lowest BCUT2D eigenvalue weighted by Crippen LogP contribution is -2.24. The van der Waals surface area contributed by atoms with Crippen molar-refractivity contribution in [3.8, 4) is 0 Å². The van der Waals surface area contributed by atoms with Gasteiger partial charge in [0.05, 0.1) is 6.42 Å². The second-order valence-corrected chi connectivity index (χ2v) is 5.38. The molecule has 0 saturated carbocycles. The highest BCUT2D eigenvalue weighted by Gasteiger charge is 2.09. The van der Waals surface area contributed by atoms with E-state index in [2.05, 4.69) is 10.3 Å². The third-order valence-corrected chi connectivity index (χ3v) is 3.73. The van der Waals surface area contributed by atoms with E-state index in [1.165, 1.54) is 0 Å². The third kappa shape index (κ3) is 3.40. The number of para-hydroxylation sites is 1. The molecule has 0 unspecified atom stereocenters. The summed E-state index contributed by atoms with van der Waals surface area (Å²) in [6.07, 6.45) is 2.16. The maximum Gasteiger partial charge on any atom is 0.248 e. The van der Waals surface area contributed by atoms with Crippen LogP contribution in [0, 0.1) is 0 Å². The van der Waals surface area contributed by atoms with Crippen LogP contribution in [-0.2, 0) is 17.8 Å². The van der Waals surface area contributed by atoms with E-state index < -0.39 is 5.91 Å². The smallest absolute Gasteiger partial charge is 0.248 e. The summed E-state index contributed by atoms with van der Waals surface area (Å²) >= 11 is 0. The number of nitrogens with one attached hydrogen (secondary N) is 2. The molecule has 5 nitrogen and oxygen atoms in total. The minimum atomic E-state index is -0.475. The predicted octanol–water partition coefficient (Wildman–Crippen LogP) is 2.13. The van der Waals surface area contributed by atoms with Gasteiger partial charge in [0.1, 0.15) is 0 Å². The fourth-order valence-electron chi connectivity index (χ4n) is 2.55. The van der Waals surface area contributed by atoms with Crippen LogP contribution in [0.5, 0.6) is 0 Å². The van der Waals surface area contributed by atoms with Crippen molar-refractivity contribution in [1.29, 1.82) is 0 Å². The van der Waals surface area contributed by atoms with Crippen LogP contribution in [0.1, 0.15) is 21.5 Å². The molecule has 0 aliphatic rings. The van der Waals surface area contributed by atoms with Gasteiger partial charge in [-0.25, -0.2) is 0 Å². The van der Waals surface area contributed by atoms with Gasteiger partial charge in [-0.15, -0.1) is 0 Å². The average molecular weight is 307 g/mol. The molecular formula is C18H17N3O2. The number of H-pyrrole nitrogens is 1. The van der Waals surface area contributed by atoms with E-state index in [9.17, 15) is 9.59 Å². The number of nitrogens with two attached hydrogens (primary N) is 1. The molecule has 0 spiro atoms. The zero-order chi connectivity index (χ0) is 16.2. The molecule has 0 fully saturated rings. The zero-order valence-corrected chi connectivity index (χ0v) is 12.5. The average Bonchev–Trinajstić information content (AvgIpc) is 2.96. The van der Waals surface area contributed by atoms with Gasteiger partial charge in [0, 0.05) is 29.2 Å². The van der Waals surface area contributed by atoms with Crippen molar-refractivity contribution in [3.05, 3.63) is 71.4 Å². The van der Waals surface area contributed by atoms with E-state index in [-0.39, 0.29) is 5.91 Å². The molecule has 2 amide bonds. The van der Waals surface area contributed by atoms with Crippen LogP contribution in [0.15, 0.2) is 54.7 Å². The summed E-state index contributed by atoms with van der Waals surface area (Å²) in [5.41, 5.74) is 8.51. The molecule has 0 radical (unpaired) electrons. The Morgan fingerprint density at radius 1 is 1.09 bits per heavy atom. The lowest BCUT2D eigenvalue weighted by Gasteiger charge is -2.06. The number of fused-ring (bicyclic) bond motifs is 1. The Morgan fingerprint density at radius 3 is 2.74 bits per heavy atom. The fourth-order valence-corrected chi connectivity index (χ4v) is 2.55. The van der Waals surface area contributed by atoms with Crippen LogP contribution in [0.4, 0.5) is 0 Å². The molecule has 0 aliphatic carbocycles. The molecule has 1 heterocycles. The Morgan fingerprint density at radius 2 is 1.91 bits per heavy atom. The zero-order valence-electron chi connectivity index (χ0n) is 12.5. The summed E-state index contributed by atoms with van der Waals surface area (Å²) < 4.78 is 0. The standard InChI is InChI=1S/C18H17N3O2/c19-18(23)13-5-3-4-12(8-13)10-21-17(22)9-14-11-20-16-7-2-1-6-15(14)16/h1-8,11,20H,9-10H2,(H2,19,23)(H,21,22). The largest absolute Gasteiger partial charge is 0.366 e. The fraction of sp³-hybridized carbons (Fsp3) is 0.111. The second kappa shape index (κ2) is 6.36. The molecule has 4 N–H and O–H groups in total. The maximum absolute atomic E-state index is 12.1. The first-order chi connectivity index (χ1) is 11.1. The molecular weight excluding hydrogens is 290 g/mol. The first-order valence-corrected chi connectivity index (χ1v) is 7.34. The Kier molecular flexibility index (Phi) is 4.10. The molecule has 23 heavy (non-hydrogen) atoms. The monoisotopic (exact) mass is 307 g/mol. The lowest BCUT2D eigenvalue weighted by atomic mass is 10.1. The minimum Gasteiger partial charge on any atom is -0.366 e. The van der Waals surface area contributed by atoms with E-state index in [4.69, 9.17) is 5.73 Å². The number of carbonyl (C=O) groups is 2. The van der Waals surface area contributed by atoms with Crippen LogP contribution in [0.3, 0.4) is 0 Å². The van der Waals surface area contributed by atoms with Crippen LogP contribution >= 0.6 is 0 Å². The summed E-state index contributed by atoms with van der Waals surface area (Å²) in [6, 6.07) is 14.8. The van der Waals surface area contributed by atoms with Crippen molar-refractivity contribution in [2.24, 2.45) is 5.73 Å². The van der Waals surface area contributed by atoms with E-state index in [0.717, 1.165) is 22.0 Å². The highest BCUT2D eigenvalue weighted by atomic mass is 16.1. The number of rotatable bonds is 5. The van der Waals surface area contributed by atoms with Crippen LogP contribution in [0.2, 0.25) is 0 Å². The van der Waals surface area contributed by atoms with Gasteiger partial charge in [-0.05, 0) is 29.3 Å². The summed E-state index contributed by atoms with van der Waals surface area (Å²) in [5, 5.41) is 3.92. The number of aromatic nitrogens is 1. The van der Waals surface area contributed by atoms with Crippen molar-refractivity contribution >= 4 is 22.7 Å². The predicted molar refractivity (Wildman–Crippen MR) is 88.8 cm³/mol. The number of primary amides is 1. The molecule has 0 aliphatic heterocycles. The Balaban J connectivity index is 1.64. The highest BCUT2D eigenvalue weighted by Crippen LogP contribution is 2.18. The normalized spacial score (nSPS) is 10.6. The van der Waals surface area contributed by atoms with Crippen molar-refractivity contribution in [1.82, 2.24) is 10.3 Å². The van der Waals surface area contributed by atoms with Gasteiger partial charge in [0.25, 0.3) is 0 Å². The number of aromatic amines is 1. The number of amides is 2. The van der Waals surface area contributed by atoms with Crippen molar-refractivity contribution < 1.29 is 9.59 Å². The number of hydrogen-bond donors (Lipinski definition) is 3. The quantitative estimate of drug-likeness (QED) is 0.674. The SMILES string of the molecule is NC(=O)c1cccc(CNC(=O)Cc2c[nH]c3ccccc23)c1. The van der Waals surface area contributed by atoms with Crippen LogP contribution in [0.25, 0.3) is 10.9 Å². The van der Waals surface area contributed by atoms with Crippen molar-refractivity contribution in [2.75, 3.05) is 0 Å². The van der Waals surface area contributed by atoms with Gasteiger partial charge in [-0.3, -0.25) is 9.59 Å². The highest BCUT2D eigenvalue weighted by molar-refractivity contribution is 5.93. The molecule has 3 rings (SSSR count). The molecule has 0 bridgehead atoms. The van der Waals surface area contributed by atoms with E-state index in [1.54, 1.807) is 18.2 Å². The van der Waals surface area contributed by atoms with E-state index >= 15 is 0 Å². The van der Waals surface area contributed by atoms with Gasteiger partial charge in [0.15, 0.2) is 0 Å². The molecule has 1 aromatic heterocycles. The van der Waals surface area contributed by atoms with Gasteiger partial charge in [0.2, 0.25) is 11.8 Å². The van der Waals surface area contributed by atoms with Gasteiger partial charge < -0.3 is 16.0 Å². The lowest BCUT2D eigenvalue weighted by molar-refractivity contribution is -0.120. The first kappa shape index (κ1) is 14.8. The number of benzene rings is 2. The van der Waals surface area contributed by atoms with Gasteiger partial charge >= 0.3 is 0 Å². The van der Waals surface area contributed by atoms with Crippen molar-refractivity contribution in [2.45, 2.75) is 13.0 Å². The molecule has 2 aromatic carbocycles. The van der Waals surface area contributed by atoms with Crippen LogP contribution < -0.4 is 11.1 Å². The molecule has 0 saturated heterocycles. The summed E-state index contributed by atoms with van der Waals surface area (Å²) in [7, 11) is 0. The third-order valence-electron chi connectivity index (χ3n) is 3.73. The topological polar surface area (TPSA) is 88.0 Å². The Labute approximate surface area is 133 Å². The van der Waals surface area contributed by atoms with E-state index in [1.807, 2.05) is 36.5 Å². The first-order valence-electron chi connectivity index (χ1n) is 7.34. The van der Waals surface area contributed by atoms with Gasteiger partial charge in [-0.2, -0.15) is 0 Å². The number of carbonyl (C=O) groups excluding carboxylic acids is 2. The molecule has 3 aromatic rings. The molecule has 0 atom stereocenters. The van der Waals surface area contributed by atoms with Gasteiger partial charge in [-0.1, -0.05) is 30.3 Å². The Bertz CT molecular complexity index is 867. The van der Waals surface area contributed by atoms with Crippen LogP contribution in [-0.4, -0.2) is 16.8 Å². The molecule has 116 valence electrons. The van der Waals surface area contributed by atoms with E-state index in [0.29, 0.717) is 18.5 Å². The summed E-state index contributed by atoms with van der Waals surface area (Å²) in [4.78, 5) is 26.4. The Hall–Kier alpha value is -3.08. The summed E-state index contributed by atoms with van der Waals surface area (Å²) in [6.45, 7) is 0.363. The minimum absolute atomic E-state index is 0.0702. The second-order valence-electron chi connectivity index (χ2n) is 5.38. The summed E-state index contributed by atoms with van der Waals surface area (Å²) in [5.74, 6) is -0.545. The van der Waals surface area contributed by atoms with Crippen molar-refractivity contribution in [3.63, 3.8) is 0 Å². The molecule has 5 heteroatoms. The number of hydrogen-bond acceptors (Lipinski definition) is 2. The maximum atomic E-state index is 12.1.